The molecule has 0 saturated carbocycles. The number of carboxylic acid groups (broad SMARTS) is 1. The Hall–Kier alpha value is -1.60. The van der Waals surface area contributed by atoms with E-state index in [-0.39, 0.29) is 11.4 Å². The molecule has 6 nitrogen and oxygen atoms in total. The zero-order valence-corrected chi connectivity index (χ0v) is 9.41. The molecule has 16 heavy (non-hydrogen) atoms. The Kier molecular flexibility index (Phi) is 3.86. The van der Waals surface area contributed by atoms with E-state index in [2.05, 4.69) is 10.0 Å². The molecule has 0 unspecified atom stereocenters. The summed E-state index contributed by atoms with van der Waals surface area (Å²) >= 11 is 0. The zero-order valence-electron chi connectivity index (χ0n) is 8.60. The van der Waals surface area contributed by atoms with Crippen LogP contribution in [-0.4, -0.2) is 33.1 Å². The first kappa shape index (κ1) is 12.5. The summed E-state index contributed by atoms with van der Waals surface area (Å²) in [5.74, 6) is -0.980. The van der Waals surface area contributed by atoms with Crippen LogP contribution in [0.4, 0.5) is 5.69 Å². The number of benzene rings is 1. The number of aliphatic carboxylic acids is 1. The molecule has 88 valence electrons. The first-order valence-electron chi connectivity index (χ1n) is 4.45. The second-order valence-electron chi connectivity index (χ2n) is 2.98. The Morgan fingerprint density at radius 3 is 2.31 bits per heavy atom. The Morgan fingerprint density at radius 1 is 1.31 bits per heavy atom. The van der Waals surface area contributed by atoms with Gasteiger partial charge >= 0.3 is 5.97 Å². The lowest BCUT2D eigenvalue weighted by molar-refractivity contribution is -0.134. The average molecular weight is 244 g/mol. The van der Waals surface area contributed by atoms with Crippen LogP contribution in [-0.2, 0) is 14.8 Å². The zero-order chi connectivity index (χ0) is 12.2. The van der Waals surface area contributed by atoms with Gasteiger partial charge in [-0.15, -0.1) is 0 Å². The largest absolute Gasteiger partial charge is 0.480 e. The lowest BCUT2D eigenvalue weighted by Gasteiger charge is -2.05. The number of carboxylic acids is 1. The van der Waals surface area contributed by atoms with E-state index < -0.39 is 16.0 Å². The highest BCUT2D eigenvalue weighted by Gasteiger charge is 2.10. The topological polar surface area (TPSA) is 95.5 Å². The minimum Gasteiger partial charge on any atom is -0.480 e. The molecule has 0 atom stereocenters. The van der Waals surface area contributed by atoms with Crippen molar-refractivity contribution in [2.24, 2.45) is 0 Å². The minimum atomic E-state index is -3.44. The number of hydrogen-bond donors (Lipinski definition) is 3. The standard InChI is InChI=1S/C9H12N2O4S/c1-10-16(14,15)8-4-2-7(3-5-8)11-6-9(12)13/h2-5,10-11H,6H2,1H3,(H,12,13). The Morgan fingerprint density at radius 2 is 1.88 bits per heavy atom. The smallest absolute Gasteiger partial charge is 0.322 e. The number of carbonyl (C=O) groups is 1. The van der Waals surface area contributed by atoms with Crippen molar-refractivity contribution in [2.45, 2.75) is 4.90 Å². The van der Waals surface area contributed by atoms with E-state index in [1.165, 1.54) is 31.3 Å². The summed E-state index contributed by atoms with van der Waals surface area (Å²) in [6, 6.07) is 5.81. The monoisotopic (exact) mass is 244 g/mol. The van der Waals surface area contributed by atoms with Crippen molar-refractivity contribution in [2.75, 3.05) is 18.9 Å². The van der Waals surface area contributed by atoms with E-state index in [9.17, 15) is 13.2 Å². The highest BCUT2D eigenvalue weighted by Crippen LogP contribution is 2.13. The molecule has 0 amide bonds. The second-order valence-corrected chi connectivity index (χ2v) is 4.87. The molecule has 1 rings (SSSR count). The number of hydrogen-bond acceptors (Lipinski definition) is 4. The first-order valence-corrected chi connectivity index (χ1v) is 5.93. The molecule has 0 heterocycles. The van der Waals surface area contributed by atoms with Crippen molar-refractivity contribution in [3.63, 3.8) is 0 Å². The first-order chi connectivity index (χ1) is 7.45. The molecule has 0 spiro atoms. The molecule has 0 bridgehead atoms. The van der Waals surface area contributed by atoms with Gasteiger partial charge in [-0.05, 0) is 31.3 Å². The van der Waals surface area contributed by atoms with Crippen molar-refractivity contribution in [1.29, 1.82) is 0 Å². The number of rotatable bonds is 5. The summed E-state index contributed by atoms with van der Waals surface area (Å²) in [7, 11) is -2.12. The fraction of sp³-hybridized carbons (Fsp3) is 0.222. The molecule has 0 aliphatic heterocycles. The normalized spacial score (nSPS) is 11.1. The Balaban J connectivity index is 2.80. The third-order valence-electron chi connectivity index (χ3n) is 1.88. The molecule has 1 aromatic carbocycles. The summed E-state index contributed by atoms with van der Waals surface area (Å²) in [6.07, 6.45) is 0. The third-order valence-corrected chi connectivity index (χ3v) is 3.31. The maximum absolute atomic E-state index is 11.4. The molecule has 0 saturated heterocycles. The summed E-state index contributed by atoms with van der Waals surface area (Å²) in [5, 5.41) is 11.1. The van der Waals surface area contributed by atoms with Crippen molar-refractivity contribution in [1.82, 2.24) is 4.72 Å². The molecule has 3 N–H and O–H groups in total. The molecule has 7 heteroatoms. The van der Waals surface area contributed by atoms with Gasteiger partial charge in [0.1, 0.15) is 6.54 Å². The van der Waals surface area contributed by atoms with Crippen molar-refractivity contribution < 1.29 is 18.3 Å². The van der Waals surface area contributed by atoms with Gasteiger partial charge in [-0.25, -0.2) is 13.1 Å². The van der Waals surface area contributed by atoms with E-state index in [0.717, 1.165) is 0 Å². The lowest BCUT2D eigenvalue weighted by Crippen LogP contribution is -2.18. The van der Waals surface area contributed by atoms with Gasteiger partial charge in [-0.1, -0.05) is 0 Å². The highest BCUT2D eigenvalue weighted by molar-refractivity contribution is 7.89. The van der Waals surface area contributed by atoms with Crippen LogP contribution in [0.1, 0.15) is 0 Å². The molecular weight excluding hydrogens is 232 g/mol. The van der Waals surface area contributed by atoms with Crippen molar-refractivity contribution in [3.8, 4) is 0 Å². The van der Waals surface area contributed by atoms with Gasteiger partial charge in [-0.3, -0.25) is 4.79 Å². The van der Waals surface area contributed by atoms with E-state index in [1.807, 2.05) is 0 Å². The third kappa shape index (κ3) is 3.21. The minimum absolute atomic E-state index is 0.135. The van der Waals surface area contributed by atoms with E-state index >= 15 is 0 Å². The molecule has 0 fully saturated rings. The summed E-state index contributed by atoms with van der Waals surface area (Å²) < 4.78 is 24.9. The van der Waals surface area contributed by atoms with Gasteiger partial charge in [-0.2, -0.15) is 0 Å². The van der Waals surface area contributed by atoms with Crippen LogP contribution < -0.4 is 10.0 Å². The fourth-order valence-electron chi connectivity index (χ4n) is 1.05. The highest BCUT2D eigenvalue weighted by atomic mass is 32.2. The van der Waals surface area contributed by atoms with Crippen LogP contribution >= 0.6 is 0 Å². The molecule has 0 aliphatic carbocycles. The van der Waals surface area contributed by atoms with Gasteiger partial charge in [0.05, 0.1) is 4.90 Å². The van der Waals surface area contributed by atoms with Crippen LogP contribution in [0.3, 0.4) is 0 Å². The SMILES string of the molecule is CNS(=O)(=O)c1ccc(NCC(=O)O)cc1. The average Bonchev–Trinajstić information content (AvgIpc) is 2.27. The van der Waals surface area contributed by atoms with E-state index in [1.54, 1.807) is 0 Å². The maximum atomic E-state index is 11.4. The molecule has 0 aliphatic rings. The molecule has 1 aromatic rings. The van der Waals surface area contributed by atoms with Crippen LogP contribution in [0.25, 0.3) is 0 Å². The number of anilines is 1. The fourth-order valence-corrected chi connectivity index (χ4v) is 1.78. The van der Waals surface area contributed by atoms with Crippen LogP contribution in [0, 0.1) is 0 Å². The number of sulfonamides is 1. The van der Waals surface area contributed by atoms with Gasteiger partial charge in [0.2, 0.25) is 10.0 Å². The van der Waals surface area contributed by atoms with Crippen LogP contribution in [0.2, 0.25) is 0 Å². The quantitative estimate of drug-likeness (QED) is 0.682. The maximum Gasteiger partial charge on any atom is 0.322 e. The summed E-state index contributed by atoms with van der Waals surface area (Å²) in [6.45, 7) is -0.210. The van der Waals surface area contributed by atoms with Gasteiger partial charge in [0, 0.05) is 5.69 Å². The van der Waals surface area contributed by atoms with Gasteiger partial charge in [0.25, 0.3) is 0 Å². The predicted octanol–water partition coefficient (Wildman–Crippen LogP) is 0.0912. The summed E-state index contributed by atoms with van der Waals surface area (Å²) in [5.41, 5.74) is 0.553. The molecule has 0 radical (unpaired) electrons. The van der Waals surface area contributed by atoms with Gasteiger partial charge in [0.15, 0.2) is 0 Å². The van der Waals surface area contributed by atoms with E-state index in [0.29, 0.717) is 5.69 Å². The molecule has 0 aromatic heterocycles. The molecular formula is C9H12N2O4S. The van der Waals surface area contributed by atoms with E-state index in [4.69, 9.17) is 5.11 Å². The van der Waals surface area contributed by atoms with Gasteiger partial charge < -0.3 is 10.4 Å². The Labute approximate surface area is 93.3 Å². The van der Waals surface area contributed by atoms with Crippen LogP contribution in [0.5, 0.6) is 0 Å². The van der Waals surface area contributed by atoms with Crippen LogP contribution in [0.15, 0.2) is 29.2 Å². The number of nitrogens with one attached hydrogen (secondary N) is 2. The predicted molar refractivity (Wildman–Crippen MR) is 58.8 cm³/mol. The lowest BCUT2D eigenvalue weighted by atomic mass is 10.3. The Bertz CT molecular complexity index is 467. The summed E-state index contributed by atoms with van der Waals surface area (Å²) in [4.78, 5) is 10.4. The second kappa shape index (κ2) is 4.95. The van der Waals surface area contributed by atoms with Crippen molar-refractivity contribution >= 4 is 21.7 Å². The van der Waals surface area contributed by atoms with Crippen molar-refractivity contribution in [3.05, 3.63) is 24.3 Å².